The second-order valence-electron chi connectivity index (χ2n) is 5.03. The van der Waals surface area contributed by atoms with Crippen LogP contribution in [0.4, 0.5) is 0 Å². The number of rotatable bonds is 7. The van der Waals surface area contributed by atoms with Crippen molar-refractivity contribution in [2.75, 3.05) is 27.7 Å². The molecule has 1 aromatic carbocycles. The first-order valence-electron chi connectivity index (χ1n) is 6.53. The van der Waals surface area contributed by atoms with Gasteiger partial charge in [0.2, 0.25) is 0 Å². The molecule has 0 bridgehead atoms. The molecule has 0 heterocycles. The summed E-state index contributed by atoms with van der Waals surface area (Å²) in [6.07, 6.45) is 0.226. The van der Waals surface area contributed by atoms with E-state index in [1.165, 1.54) is 5.56 Å². The largest absolute Gasteiger partial charge is 0.380 e. The van der Waals surface area contributed by atoms with Crippen molar-refractivity contribution in [3.05, 3.63) is 35.9 Å². The zero-order chi connectivity index (χ0) is 13.5. The molecule has 3 unspecified atom stereocenters. The van der Waals surface area contributed by atoms with Crippen LogP contribution in [0, 0.1) is 0 Å². The van der Waals surface area contributed by atoms with Gasteiger partial charge in [-0.25, -0.2) is 0 Å². The first-order valence-corrected chi connectivity index (χ1v) is 6.53. The molecule has 3 heteroatoms. The minimum absolute atomic E-state index is 0.226. The van der Waals surface area contributed by atoms with Crippen molar-refractivity contribution in [1.29, 1.82) is 0 Å². The number of nitrogens with one attached hydrogen (secondary N) is 1. The fourth-order valence-corrected chi connectivity index (χ4v) is 1.94. The van der Waals surface area contributed by atoms with Gasteiger partial charge in [0, 0.05) is 25.7 Å². The first kappa shape index (κ1) is 15.2. The molecule has 102 valence electrons. The standard InChI is InChI=1S/C15H26N2O/c1-12(13(2)18-5)16-11-15(17(3)4)14-9-7-6-8-10-14/h6-10,12-13,15-16H,11H2,1-5H3. The predicted octanol–water partition coefficient (Wildman–Crippen LogP) is 2.30. The Kier molecular flexibility index (Phi) is 6.33. The van der Waals surface area contributed by atoms with Crippen molar-refractivity contribution >= 4 is 0 Å². The van der Waals surface area contributed by atoms with E-state index < -0.39 is 0 Å². The molecule has 18 heavy (non-hydrogen) atoms. The molecule has 1 aromatic rings. The summed E-state index contributed by atoms with van der Waals surface area (Å²) in [6.45, 7) is 5.17. The number of benzene rings is 1. The normalized spacial score (nSPS) is 16.6. The highest BCUT2D eigenvalue weighted by Crippen LogP contribution is 2.17. The number of methoxy groups -OCH3 is 1. The summed E-state index contributed by atoms with van der Waals surface area (Å²) in [4.78, 5) is 2.24. The van der Waals surface area contributed by atoms with Gasteiger partial charge in [0.05, 0.1) is 6.10 Å². The van der Waals surface area contributed by atoms with Crippen LogP contribution in [-0.2, 0) is 4.74 Å². The highest BCUT2D eigenvalue weighted by Gasteiger charge is 2.16. The summed E-state index contributed by atoms with van der Waals surface area (Å²) in [5.41, 5.74) is 1.34. The zero-order valence-electron chi connectivity index (χ0n) is 12.2. The Morgan fingerprint density at radius 1 is 1.17 bits per heavy atom. The lowest BCUT2D eigenvalue weighted by atomic mass is 10.1. The van der Waals surface area contributed by atoms with Gasteiger partial charge >= 0.3 is 0 Å². The molecule has 3 atom stereocenters. The number of likely N-dealkylation sites (N-methyl/N-ethyl adjacent to an activating group) is 1. The molecule has 0 saturated carbocycles. The molecule has 0 radical (unpaired) electrons. The molecular weight excluding hydrogens is 224 g/mol. The van der Waals surface area contributed by atoms with Gasteiger partial charge in [0.1, 0.15) is 0 Å². The van der Waals surface area contributed by atoms with Gasteiger partial charge in [0.15, 0.2) is 0 Å². The monoisotopic (exact) mass is 250 g/mol. The van der Waals surface area contributed by atoms with Crippen molar-refractivity contribution < 1.29 is 4.74 Å². The lowest BCUT2D eigenvalue weighted by Crippen LogP contribution is -2.41. The molecule has 1 N–H and O–H groups in total. The van der Waals surface area contributed by atoms with Gasteiger partial charge in [-0.2, -0.15) is 0 Å². The second-order valence-corrected chi connectivity index (χ2v) is 5.03. The SMILES string of the molecule is COC(C)C(C)NCC(c1ccccc1)N(C)C. The van der Waals surface area contributed by atoms with Crippen LogP contribution in [0.15, 0.2) is 30.3 Å². The quantitative estimate of drug-likeness (QED) is 0.803. The third-order valence-corrected chi connectivity index (χ3v) is 3.52. The highest BCUT2D eigenvalue weighted by atomic mass is 16.5. The van der Waals surface area contributed by atoms with Crippen LogP contribution in [0.5, 0.6) is 0 Å². The minimum atomic E-state index is 0.226. The van der Waals surface area contributed by atoms with Gasteiger partial charge in [-0.1, -0.05) is 30.3 Å². The molecule has 0 aliphatic heterocycles. The molecule has 0 aromatic heterocycles. The minimum Gasteiger partial charge on any atom is -0.380 e. The van der Waals surface area contributed by atoms with E-state index in [1.807, 2.05) is 0 Å². The molecule has 0 aliphatic carbocycles. The maximum absolute atomic E-state index is 5.33. The lowest BCUT2D eigenvalue weighted by Gasteiger charge is -2.28. The van der Waals surface area contributed by atoms with E-state index in [1.54, 1.807) is 7.11 Å². The van der Waals surface area contributed by atoms with E-state index in [2.05, 4.69) is 68.5 Å². The third kappa shape index (κ3) is 4.41. The van der Waals surface area contributed by atoms with Crippen LogP contribution in [-0.4, -0.2) is 44.8 Å². The van der Waals surface area contributed by atoms with Crippen molar-refractivity contribution in [2.24, 2.45) is 0 Å². The number of nitrogens with zero attached hydrogens (tertiary/aromatic N) is 1. The van der Waals surface area contributed by atoms with E-state index >= 15 is 0 Å². The highest BCUT2D eigenvalue weighted by molar-refractivity contribution is 5.19. The van der Waals surface area contributed by atoms with Gasteiger partial charge in [-0.3, -0.25) is 0 Å². The maximum Gasteiger partial charge on any atom is 0.0693 e. The Morgan fingerprint density at radius 2 is 1.78 bits per heavy atom. The van der Waals surface area contributed by atoms with Gasteiger partial charge in [-0.05, 0) is 33.5 Å². The third-order valence-electron chi connectivity index (χ3n) is 3.52. The summed E-state index contributed by atoms with van der Waals surface area (Å²) in [5.74, 6) is 0. The fourth-order valence-electron chi connectivity index (χ4n) is 1.94. The molecule has 0 saturated heterocycles. The molecule has 0 spiro atoms. The topological polar surface area (TPSA) is 24.5 Å². The number of hydrogen-bond acceptors (Lipinski definition) is 3. The second kappa shape index (κ2) is 7.52. The van der Waals surface area contributed by atoms with Crippen LogP contribution in [0.3, 0.4) is 0 Å². The molecule has 1 rings (SSSR count). The number of ether oxygens (including phenoxy) is 1. The molecular formula is C15H26N2O. The summed E-state index contributed by atoms with van der Waals surface area (Å²) in [7, 11) is 5.98. The zero-order valence-corrected chi connectivity index (χ0v) is 12.2. The van der Waals surface area contributed by atoms with Crippen LogP contribution in [0.25, 0.3) is 0 Å². The molecule has 0 aliphatic rings. The lowest BCUT2D eigenvalue weighted by molar-refractivity contribution is 0.0859. The Bertz CT molecular complexity index is 327. The van der Waals surface area contributed by atoms with E-state index in [0.717, 1.165) is 6.54 Å². The van der Waals surface area contributed by atoms with Crippen LogP contribution >= 0.6 is 0 Å². The smallest absolute Gasteiger partial charge is 0.0693 e. The molecule has 0 amide bonds. The summed E-state index contributed by atoms with van der Waals surface area (Å²) < 4.78 is 5.33. The average molecular weight is 250 g/mol. The molecule has 0 fully saturated rings. The maximum atomic E-state index is 5.33. The van der Waals surface area contributed by atoms with Crippen LogP contribution < -0.4 is 5.32 Å². The van der Waals surface area contributed by atoms with Gasteiger partial charge in [0.25, 0.3) is 0 Å². The average Bonchev–Trinajstić information content (AvgIpc) is 2.38. The van der Waals surface area contributed by atoms with E-state index in [4.69, 9.17) is 4.74 Å². The number of hydrogen-bond donors (Lipinski definition) is 1. The van der Waals surface area contributed by atoms with E-state index in [9.17, 15) is 0 Å². The van der Waals surface area contributed by atoms with Gasteiger partial charge < -0.3 is 15.0 Å². The van der Waals surface area contributed by atoms with Crippen molar-refractivity contribution in [1.82, 2.24) is 10.2 Å². The van der Waals surface area contributed by atoms with Gasteiger partial charge in [-0.15, -0.1) is 0 Å². The van der Waals surface area contributed by atoms with Crippen molar-refractivity contribution in [3.63, 3.8) is 0 Å². The Balaban J connectivity index is 2.60. The van der Waals surface area contributed by atoms with Crippen LogP contribution in [0.2, 0.25) is 0 Å². The Hall–Kier alpha value is -0.900. The predicted molar refractivity (Wildman–Crippen MR) is 76.8 cm³/mol. The fraction of sp³-hybridized carbons (Fsp3) is 0.600. The Labute approximate surface area is 111 Å². The summed E-state index contributed by atoms with van der Waals surface area (Å²) in [6, 6.07) is 11.3. The molecule has 3 nitrogen and oxygen atoms in total. The van der Waals surface area contributed by atoms with Crippen molar-refractivity contribution in [2.45, 2.75) is 32.0 Å². The summed E-state index contributed by atoms with van der Waals surface area (Å²) >= 11 is 0. The van der Waals surface area contributed by atoms with Crippen molar-refractivity contribution in [3.8, 4) is 0 Å². The van der Waals surface area contributed by atoms with E-state index in [0.29, 0.717) is 12.1 Å². The van der Waals surface area contributed by atoms with E-state index in [-0.39, 0.29) is 6.10 Å². The Morgan fingerprint density at radius 3 is 2.28 bits per heavy atom. The first-order chi connectivity index (χ1) is 8.56. The summed E-state index contributed by atoms with van der Waals surface area (Å²) in [5, 5.41) is 3.55. The van der Waals surface area contributed by atoms with Crippen LogP contribution in [0.1, 0.15) is 25.5 Å².